The van der Waals surface area contributed by atoms with Crippen LogP contribution in [0.2, 0.25) is 10.0 Å². The number of nitrogen functional groups attached to an aromatic ring is 1. The summed E-state index contributed by atoms with van der Waals surface area (Å²) in [5.41, 5.74) is 10.6. The van der Waals surface area contributed by atoms with Crippen LogP contribution in [0.5, 0.6) is 11.5 Å². The Morgan fingerprint density at radius 1 is 1.05 bits per heavy atom. The minimum absolute atomic E-state index is 0.0174. The zero-order chi connectivity index (χ0) is 28.8. The molecule has 208 valence electrons. The molecule has 1 amide bonds. The Balaban J connectivity index is 1.36. The van der Waals surface area contributed by atoms with Gasteiger partial charge < -0.3 is 15.2 Å². The van der Waals surface area contributed by atoms with Gasteiger partial charge in [0, 0.05) is 21.2 Å². The maximum atomic E-state index is 13.3. The van der Waals surface area contributed by atoms with Crippen molar-refractivity contribution in [1.82, 2.24) is 30.7 Å². The topological polar surface area (TPSA) is 156 Å². The minimum atomic E-state index is -0.617. The van der Waals surface area contributed by atoms with Gasteiger partial charge in [-0.1, -0.05) is 64.8 Å². The first-order valence-corrected chi connectivity index (χ1v) is 13.0. The molecule has 5 rings (SSSR count). The molecule has 0 saturated heterocycles. The van der Waals surface area contributed by atoms with E-state index >= 15 is 0 Å². The average molecular weight is 593 g/mol. The smallest absolute Gasteiger partial charge is 0.292 e. The fourth-order valence-corrected chi connectivity index (χ4v) is 4.30. The lowest BCUT2D eigenvalue weighted by Gasteiger charge is -2.14. The van der Waals surface area contributed by atoms with Gasteiger partial charge in [0.15, 0.2) is 17.2 Å². The van der Waals surface area contributed by atoms with Gasteiger partial charge in [-0.15, -0.1) is 5.10 Å². The quantitative estimate of drug-likeness (QED) is 0.169. The molecule has 0 saturated carbocycles. The first-order valence-electron chi connectivity index (χ1n) is 12.2. The van der Waals surface area contributed by atoms with E-state index < -0.39 is 5.91 Å². The van der Waals surface area contributed by atoms with E-state index in [0.717, 1.165) is 4.68 Å². The third kappa shape index (κ3) is 6.13. The van der Waals surface area contributed by atoms with Gasteiger partial charge in [-0.2, -0.15) is 9.78 Å². The lowest BCUT2D eigenvalue weighted by Crippen LogP contribution is -2.22. The number of benzene rings is 3. The molecule has 2 aromatic heterocycles. The number of nitrogens with two attached hydrogens (primary N) is 1. The summed E-state index contributed by atoms with van der Waals surface area (Å²) in [5, 5.41) is 20.6. The number of rotatable bonds is 10. The Kier molecular flexibility index (Phi) is 8.42. The highest BCUT2D eigenvalue weighted by atomic mass is 35.5. The van der Waals surface area contributed by atoms with Crippen LogP contribution in [0.15, 0.2) is 76.5 Å². The van der Waals surface area contributed by atoms with Crippen molar-refractivity contribution in [2.24, 2.45) is 5.10 Å². The van der Waals surface area contributed by atoms with Gasteiger partial charge in [-0.25, -0.2) is 10.1 Å². The van der Waals surface area contributed by atoms with Crippen LogP contribution in [0, 0.1) is 0 Å². The average Bonchev–Trinajstić information content (AvgIpc) is 3.60. The molecule has 0 spiro atoms. The minimum Gasteiger partial charge on any atom is -0.490 e. The second-order valence-corrected chi connectivity index (χ2v) is 9.18. The van der Waals surface area contributed by atoms with Gasteiger partial charge in [0.25, 0.3) is 5.91 Å². The van der Waals surface area contributed by atoms with Crippen LogP contribution in [0.1, 0.15) is 28.5 Å². The number of nitrogens with zero attached hydrogens (tertiary/aromatic N) is 6. The summed E-state index contributed by atoms with van der Waals surface area (Å²) >= 11 is 12.5. The molecule has 0 radical (unpaired) electrons. The SMILES string of the molecule is CCOc1cc(/C=N/NC(=O)c2c(-c3ccccc3)nnn2-c2nonc2N)ccc1OCc1c(Cl)cccc1Cl. The predicted octanol–water partition coefficient (Wildman–Crippen LogP) is 4.95. The second-order valence-electron chi connectivity index (χ2n) is 8.36. The molecule has 0 bridgehead atoms. The highest BCUT2D eigenvalue weighted by Crippen LogP contribution is 2.31. The lowest BCUT2D eigenvalue weighted by atomic mass is 10.1. The highest BCUT2D eigenvalue weighted by Gasteiger charge is 2.25. The number of carbonyl (C=O) groups is 1. The Hall–Kier alpha value is -4.94. The van der Waals surface area contributed by atoms with E-state index in [4.69, 9.17) is 38.4 Å². The number of nitrogens with one attached hydrogen (secondary N) is 1. The van der Waals surface area contributed by atoms with Gasteiger partial charge in [-0.05, 0) is 53.1 Å². The van der Waals surface area contributed by atoms with Crippen molar-refractivity contribution in [2.75, 3.05) is 12.3 Å². The molecular formula is C27H22Cl2N8O4. The number of amides is 1. The molecule has 12 nitrogen and oxygen atoms in total. The molecule has 41 heavy (non-hydrogen) atoms. The number of carbonyl (C=O) groups excluding carboxylic acids is 1. The number of halogens is 2. The summed E-state index contributed by atoms with van der Waals surface area (Å²) in [6.07, 6.45) is 1.46. The Labute approximate surface area is 243 Å². The summed E-state index contributed by atoms with van der Waals surface area (Å²) in [4.78, 5) is 13.3. The molecular weight excluding hydrogens is 571 g/mol. The monoisotopic (exact) mass is 592 g/mol. The van der Waals surface area contributed by atoms with Crippen molar-refractivity contribution in [2.45, 2.75) is 13.5 Å². The van der Waals surface area contributed by atoms with Crippen molar-refractivity contribution in [3.63, 3.8) is 0 Å². The second kappa shape index (κ2) is 12.5. The van der Waals surface area contributed by atoms with Crippen LogP contribution >= 0.6 is 23.2 Å². The third-order valence-electron chi connectivity index (χ3n) is 5.71. The van der Waals surface area contributed by atoms with E-state index in [-0.39, 0.29) is 23.9 Å². The molecule has 0 aliphatic carbocycles. The highest BCUT2D eigenvalue weighted by molar-refractivity contribution is 6.35. The van der Waals surface area contributed by atoms with Crippen LogP contribution in [0.25, 0.3) is 17.1 Å². The summed E-state index contributed by atoms with van der Waals surface area (Å²) < 4.78 is 17.5. The molecule has 5 aromatic rings. The molecule has 14 heteroatoms. The van der Waals surface area contributed by atoms with E-state index in [1.54, 1.807) is 48.5 Å². The first-order chi connectivity index (χ1) is 20.0. The molecule has 0 fully saturated rings. The summed E-state index contributed by atoms with van der Waals surface area (Å²) in [5.74, 6) is 0.312. The summed E-state index contributed by atoms with van der Waals surface area (Å²) in [6, 6.07) is 19.5. The maximum absolute atomic E-state index is 13.3. The number of anilines is 1. The molecule has 3 N–H and O–H groups in total. The Morgan fingerprint density at radius 3 is 2.54 bits per heavy atom. The van der Waals surface area contributed by atoms with Gasteiger partial charge >= 0.3 is 0 Å². The molecule has 2 heterocycles. The van der Waals surface area contributed by atoms with Gasteiger partial charge in [0.05, 0.1) is 12.8 Å². The van der Waals surface area contributed by atoms with Gasteiger partial charge in [-0.3, -0.25) is 4.79 Å². The lowest BCUT2D eigenvalue weighted by molar-refractivity contribution is 0.0947. The Morgan fingerprint density at radius 2 is 1.83 bits per heavy atom. The van der Waals surface area contributed by atoms with Crippen LogP contribution in [0.4, 0.5) is 5.82 Å². The fourth-order valence-electron chi connectivity index (χ4n) is 3.79. The standard InChI is InChI=1S/C27H22Cl2N8O4/c1-2-39-22-13-16(11-12-21(22)40-15-18-19(28)9-6-10-20(18)29)14-31-33-27(38)24-23(17-7-4-3-5-8-17)32-36-37(24)26-25(30)34-41-35-26/h3-14H,2,15H2,1H3,(H2,30,34)(H,33,38)/b31-14+. The van der Waals surface area contributed by atoms with Crippen LogP contribution in [0.3, 0.4) is 0 Å². The normalized spacial score (nSPS) is 11.1. The number of ether oxygens (including phenoxy) is 2. The summed E-state index contributed by atoms with van der Waals surface area (Å²) in [6.45, 7) is 2.41. The van der Waals surface area contributed by atoms with Crippen molar-refractivity contribution >= 4 is 41.1 Å². The first kappa shape index (κ1) is 27.6. The van der Waals surface area contributed by atoms with Gasteiger partial charge in [0.1, 0.15) is 12.3 Å². The van der Waals surface area contributed by atoms with Crippen molar-refractivity contribution in [1.29, 1.82) is 0 Å². The van der Waals surface area contributed by atoms with Crippen molar-refractivity contribution in [3.05, 3.63) is 93.6 Å². The van der Waals surface area contributed by atoms with E-state index in [2.05, 4.69) is 35.8 Å². The van der Waals surface area contributed by atoms with Crippen LogP contribution in [-0.4, -0.2) is 44.0 Å². The number of hydrogen-bond acceptors (Lipinski definition) is 10. The molecule has 0 unspecified atom stereocenters. The van der Waals surface area contributed by atoms with Crippen LogP contribution in [-0.2, 0) is 6.61 Å². The predicted molar refractivity (Wildman–Crippen MR) is 153 cm³/mol. The molecule has 0 aliphatic heterocycles. The van der Waals surface area contributed by atoms with E-state index in [0.29, 0.717) is 50.5 Å². The van der Waals surface area contributed by atoms with Crippen molar-refractivity contribution in [3.8, 4) is 28.6 Å². The fraction of sp³-hybridized carbons (Fsp3) is 0.111. The van der Waals surface area contributed by atoms with Crippen molar-refractivity contribution < 1.29 is 18.9 Å². The molecule has 0 aliphatic rings. The molecule has 0 atom stereocenters. The van der Waals surface area contributed by atoms with Crippen LogP contribution < -0.4 is 20.6 Å². The zero-order valence-corrected chi connectivity index (χ0v) is 23.0. The molecule has 3 aromatic carbocycles. The number of hydrazone groups is 1. The number of hydrogen-bond donors (Lipinski definition) is 2. The summed E-state index contributed by atoms with van der Waals surface area (Å²) in [7, 11) is 0. The van der Waals surface area contributed by atoms with E-state index in [1.165, 1.54) is 6.21 Å². The van der Waals surface area contributed by atoms with E-state index in [1.807, 2.05) is 25.1 Å². The van der Waals surface area contributed by atoms with Gasteiger partial charge in [0.2, 0.25) is 11.6 Å². The largest absolute Gasteiger partial charge is 0.490 e. The maximum Gasteiger partial charge on any atom is 0.292 e. The Bertz CT molecular complexity index is 1680. The zero-order valence-electron chi connectivity index (χ0n) is 21.5. The van der Waals surface area contributed by atoms with E-state index in [9.17, 15) is 4.79 Å². The third-order valence-corrected chi connectivity index (χ3v) is 6.42. The number of aromatic nitrogens is 5.